The third kappa shape index (κ3) is 3.52. The topological polar surface area (TPSA) is 45.4 Å². The molecule has 0 saturated carbocycles. The lowest BCUT2D eigenvalue weighted by Crippen LogP contribution is -2.19. The molecule has 0 fully saturated rings. The molecule has 3 heteroatoms. The van der Waals surface area contributed by atoms with Crippen LogP contribution in [0.5, 0.6) is 0 Å². The summed E-state index contributed by atoms with van der Waals surface area (Å²) in [4.78, 5) is 0. The van der Waals surface area contributed by atoms with E-state index in [2.05, 4.69) is 19.2 Å². The molecular weight excluding hydrogens is 178 g/mol. The van der Waals surface area contributed by atoms with Gasteiger partial charge in [-0.15, -0.1) is 0 Å². The normalized spacial score (nSPS) is 13.1. The Morgan fingerprint density at radius 1 is 1.43 bits per heavy atom. The van der Waals surface area contributed by atoms with Crippen molar-refractivity contribution in [1.29, 1.82) is 0 Å². The van der Waals surface area contributed by atoms with Crippen molar-refractivity contribution in [1.82, 2.24) is 5.32 Å². The smallest absolute Gasteiger partial charge is 0.129 e. The molecule has 1 aromatic rings. The maximum atomic E-state index is 8.79. The van der Waals surface area contributed by atoms with E-state index >= 15 is 0 Å². The standard InChI is InChI=1S/C11H19NO2/c1-3-9(2)6-12-7-10-4-5-11(8-13)14-10/h4-5,9,12-13H,3,6-8H2,1-2H3. The summed E-state index contributed by atoms with van der Waals surface area (Å²) in [5.41, 5.74) is 0. The fraction of sp³-hybridized carbons (Fsp3) is 0.636. The highest BCUT2D eigenvalue weighted by Crippen LogP contribution is 2.07. The van der Waals surface area contributed by atoms with Crippen molar-refractivity contribution in [3.63, 3.8) is 0 Å². The van der Waals surface area contributed by atoms with Crippen LogP contribution >= 0.6 is 0 Å². The van der Waals surface area contributed by atoms with E-state index in [9.17, 15) is 0 Å². The van der Waals surface area contributed by atoms with Crippen molar-refractivity contribution in [3.05, 3.63) is 23.7 Å². The summed E-state index contributed by atoms with van der Waals surface area (Å²) in [6, 6.07) is 3.70. The van der Waals surface area contributed by atoms with Crippen LogP contribution in [0.2, 0.25) is 0 Å². The first-order valence-corrected chi connectivity index (χ1v) is 5.15. The lowest BCUT2D eigenvalue weighted by atomic mass is 10.1. The number of aliphatic hydroxyl groups is 1. The molecule has 0 amide bonds. The van der Waals surface area contributed by atoms with Crippen molar-refractivity contribution in [3.8, 4) is 0 Å². The summed E-state index contributed by atoms with van der Waals surface area (Å²) in [7, 11) is 0. The van der Waals surface area contributed by atoms with Crippen LogP contribution in [0.25, 0.3) is 0 Å². The quantitative estimate of drug-likeness (QED) is 0.732. The Morgan fingerprint density at radius 2 is 2.14 bits per heavy atom. The molecule has 3 nitrogen and oxygen atoms in total. The van der Waals surface area contributed by atoms with Gasteiger partial charge in [-0.2, -0.15) is 0 Å². The second kappa shape index (κ2) is 5.83. The summed E-state index contributed by atoms with van der Waals surface area (Å²) >= 11 is 0. The molecule has 0 aliphatic heterocycles. The van der Waals surface area contributed by atoms with Crippen LogP contribution in [0, 0.1) is 5.92 Å². The second-order valence-electron chi connectivity index (χ2n) is 3.67. The maximum absolute atomic E-state index is 8.79. The predicted molar refractivity (Wildman–Crippen MR) is 55.8 cm³/mol. The third-order valence-electron chi connectivity index (χ3n) is 2.36. The van der Waals surface area contributed by atoms with Gasteiger partial charge in [-0.3, -0.25) is 0 Å². The van der Waals surface area contributed by atoms with Crippen molar-refractivity contribution >= 4 is 0 Å². The second-order valence-corrected chi connectivity index (χ2v) is 3.67. The number of rotatable bonds is 6. The molecule has 0 bridgehead atoms. The summed E-state index contributed by atoms with van der Waals surface area (Å²) < 4.78 is 5.34. The van der Waals surface area contributed by atoms with Gasteiger partial charge < -0.3 is 14.8 Å². The van der Waals surface area contributed by atoms with Gasteiger partial charge in [-0.25, -0.2) is 0 Å². The zero-order valence-corrected chi connectivity index (χ0v) is 8.92. The zero-order valence-electron chi connectivity index (χ0n) is 8.92. The molecule has 0 radical (unpaired) electrons. The Bertz CT molecular complexity index is 258. The minimum absolute atomic E-state index is 0.0225. The van der Waals surface area contributed by atoms with Gasteiger partial charge in [0.2, 0.25) is 0 Å². The van der Waals surface area contributed by atoms with Gasteiger partial charge in [-0.1, -0.05) is 20.3 Å². The summed E-state index contributed by atoms with van der Waals surface area (Å²) in [6.45, 7) is 6.12. The van der Waals surface area contributed by atoms with E-state index in [-0.39, 0.29) is 6.61 Å². The molecule has 14 heavy (non-hydrogen) atoms. The van der Waals surface area contributed by atoms with Crippen LogP contribution in [0.15, 0.2) is 16.5 Å². The fourth-order valence-corrected chi connectivity index (χ4v) is 1.19. The van der Waals surface area contributed by atoms with E-state index in [0.29, 0.717) is 11.7 Å². The van der Waals surface area contributed by atoms with E-state index in [4.69, 9.17) is 9.52 Å². The van der Waals surface area contributed by atoms with Gasteiger partial charge in [0.1, 0.15) is 18.1 Å². The van der Waals surface area contributed by atoms with Crippen LogP contribution in [0.3, 0.4) is 0 Å². The van der Waals surface area contributed by atoms with E-state index in [1.807, 2.05) is 6.07 Å². The Kier molecular flexibility index (Phi) is 4.70. The van der Waals surface area contributed by atoms with Gasteiger partial charge in [0.15, 0.2) is 0 Å². The number of hydrogen-bond acceptors (Lipinski definition) is 3. The van der Waals surface area contributed by atoms with Crippen LogP contribution < -0.4 is 5.32 Å². The van der Waals surface area contributed by atoms with Crippen molar-refractivity contribution in [2.45, 2.75) is 33.4 Å². The lowest BCUT2D eigenvalue weighted by molar-refractivity contribution is 0.242. The summed E-state index contributed by atoms with van der Waals surface area (Å²) in [6.07, 6.45) is 1.19. The van der Waals surface area contributed by atoms with Gasteiger partial charge in [0.25, 0.3) is 0 Å². The molecule has 0 saturated heterocycles. The van der Waals surface area contributed by atoms with Gasteiger partial charge >= 0.3 is 0 Å². The highest BCUT2D eigenvalue weighted by atomic mass is 16.4. The molecule has 0 aliphatic carbocycles. The number of hydrogen-bond donors (Lipinski definition) is 2. The number of furan rings is 1. The first kappa shape index (κ1) is 11.3. The Morgan fingerprint density at radius 3 is 2.71 bits per heavy atom. The van der Waals surface area contributed by atoms with E-state index in [1.54, 1.807) is 6.07 Å². The molecule has 0 aromatic carbocycles. The maximum Gasteiger partial charge on any atom is 0.129 e. The SMILES string of the molecule is CCC(C)CNCc1ccc(CO)o1. The van der Waals surface area contributed by atoms with Crippen molar-refractivity contribution in [2.75, 3.05) is 6.54 Å². The largest absolute Gasteiger partial charge is 0.462 e. The van der Waals surface area contributed by atoms with E-state index < -0.39 is 0 Å². The molecule has 0 spiro atoms. The van der Waals surface area contributed by atoms with Crippen LogP contribution in [0.1, 0.15) is 31.8 Å². The summed E-state index contributed by atoms with van der Waals surface area (Å²) in [5, 5.41) is 12.1. The van der Waals surface area contributed by atoms with Gasteiger partial charge in [-0.05, 0) is 24.6 Å². The van der Waals surface area contributed by atoms with Crippen molar-refractivity contribution in [2.24, 2.45) is 5.92 Å². The molecule has 80 valence electrons. The Hall–Kier alpha value is -0.800. The van der Waals surface area contributed by atoms with Crippen LogP contribution in [-0.4, -0.2) is 11.7 Å². The molecule has 1 unspecified atom stereocenters. The fourth-order valence-electron chi connectivity index (χ4n) is 1.19. The highest BCUT2D eigenvalue weighted by molar-refractivity contribution is 5.05. The van der Waals surface area contributed by atoms with E-state index in [0.717, 1.165) is 18.8 Å². The molecule has 1 aromatic heterocycles. The molecule has 1 rings (SSSR count). The zero-order chi connectivity index (χ0) is 10.4. The average molecular weight is 197 g/mol. The molecule has 2 N–H and O–H groups in total. The minimum atomic E-state index is -0.0225. The summed E-state index contributed by atoms with van der Waals surface area (Å²) in [5.74, 6) is 2.21. The first-order chi connectivity index (χ1) is 6.76. The Balaban J connectivity index is 2.24. The van der Waals surface area contributed by atoms with E-state index in [1.165, 1.54) is 6.42 Å². The predicted octanol–water partition coefficient (Wildman–Crippen LogP) is 1.91. The molecule has 1 heterocycles. The number of aliphatic hydroxyl groups excluding tert-OH is 1. The molecule has 0 aliphatic rings. The average Bonchev–Trinajstić information content (AvgIpc) is 2.65. The first-order valence-electron chi connectivity index (χ1n) is 5.15. The van der Waals surface area contributed by atoms with Gasteiger partial charge in [0, 0.05) is 0 Å². The monoisotopic (exact) mass is 197 g/mol. The van der Waals surface area contributed by atoms with Crippen LogP contribution in [0.4, 0.5) is 0 Å². The molecule has 1 atom stereocenters. The number of nitrogens with one attached hydrogen (secondary N) is 1. The molecular formula is C11H19NO2. The highest BCUT2D eigenvalue weighted by Gasteiger charge is 2.01. The Labute approximate surface area is 85.1 Å². The van der Waals surface area contributed by atoms with Crippen LogP contribution in [-0.2, 0) is 13.2 Å². The van der Waals surface area contributed by atoms with Gasteiger partial charge in [0.05, 0.1) is 6.54 Å². The van der Waals surface area contributed by atoms with Crippen molar-refractivity contribution < 1.29 is 9.52 Å². The lowest BCUT2D eigenvalue weighted by Gasteiger charge is -2.08. The minimum Gasteiger partial charge on any atom is -0.462 e. The third-order valence-corrected chi connectivity index (χ3v) is 2.36.